The number of phenols is 1. The highest BCUT2D eigenvalue weighted by atomic mass is 32.2. The molecule has 3 rings (SSSR count). The lowest BCUT2D eigenvalue weighted by molar-refractivity contribution is 0.373. The van der Waals surface area contributed by atoms with Crippen molar-refractivity contribution in [1.82, 2.24) is 0 Å². The predicted octanol–water partition coefficient (Wildman–Crippen LogP) is 3.99. The standard InChI is InChI=1S/C21H20N2O4S/c1-15-3-8-18(9-4-15)28(25,26)19-10-6-17(7-11-19)23-22-14-16-5-12-21(27-2)20(24)13-16/h3-14,23-24H,1-2H3/b22-14-. The number of methoxy groups -OCH3 is 1. The van der Waals surface area contributed by atoms with Gasteiger partial charge in [-0.25, -0.2) is 8.42 Å². The van der Waals surface area contributed by atoms with Crippen molar-refractivity contribution < 1.29 is 18.3 Å². The van der Waals surface area contributed by atoms with Crippen LogP contribution in [0.15, 0.2) is 81.6 Å². The average molecular weight is 396 g/mol. The maximum absolute atomic E-state index is 12.7. The number of aromatic hydroxyl groups is 1. The molecule has 2 N–H and O–H groups in total. The molecule has 0 spiro atoms. The highest BCUT2D eigenvalue weighted by Gasteiger charge is 2.17. The number of ether oxygens (including phenoxy) is 1. The Bertz CT molecular complexity index is 1090. The van der Waals surface area contributed by atoms with Crippen LogP contribution in [0.3, 0.4) is 0 Å². The maximum Gasteiger partial charge on any atom is 0.206 e. The Morgan fingerprint density at radius 1 is 0.964 bits per heavy atom. The number of nitrogens with zero attached hydrogens (tertiary/aromatic N) is 1. The number of nitrogens with one attached hydrogen (secondary N) is 1. The Balaban J connectivity index is 1.70. The summed E-state index contributed by atoms with van der Waals surface area (Å²) in [5.74, 6) is 0.410. The number of aryl methyl sites for hydroxylation is 1. The van der Waals surface area contributed by atoms with E-state index in [9.17, 15) is 13.5 Å². The van der Waals surface area contributed by atoms with Crippen LogP contribution in [0.1, 0.15) is 11.1 Å². The van der Waals surface area contributed by atoms with Gasteiger partial charge in [-0.3, -0.25) is 5.43 Å². The van der Waals surface area contributed by atoms with Crippen LogP contribution in [0.2, 0.25) is 0 Å². The van der Waals surface area contributed by atoms with Gasteiger partial charge in [0.25, 0.3) is 0 Å². The second-order valence-electron chi connectivity index (χ2n) is 6.14. The molecule has 6 nitrogen and oxygen atoms in total. The predicted molar refractivity (Wildman–Crippen MR) is 109 cm³/mol. The second-order valence-corrected chi connectivity index (χ2v) is 8.09. The topological polar surface area (TPSA) is 88.0 Å². The normalized spacial score (nSPS) is 11.5. The molecule has 0 aliphatic carbocycles. The largest absolute Gasteiger partial charge is 0.504 e. The van der Waals surface area contributed by atoms with Gasteiger partial charge in [0.1, 0.15) is 0 Å². The van der Waals surface area contributed by atoms with Crippen LogP contribution >= 0.6 is 0 Å². The summed E-state index contributed by atoms with van der Waals surface area (Å²) in [7, 11) is -2.07. The first-order valence-corrected chi connectivity index (χ1v) is 9.96. The number of anilines is 1. The number of hydrogen-bond acceptors (Lipinski definition) is 6. The van der Waals surface area contributed by atoms with Gasteiger partial charge in [0, 0.05) is 0 Å². The molecule has 0 heterocycles. The maximum atomic E-state index is 12.7. The van der Waals surface area contributed by atoms with Crippen LogP contribution in [0.4, 0.5) is 5.69 Å². The summed E-state index contributed by atoms with van der Waals surface area (Å²) >= 11 is 0. The highest BCUT2D eigenvalue weighted by molar-refractivity contribution is 7.91. The Morgan fingerprint density at radius 2 is 1.57 bits per heavy atom. The van der Waals surface area contributed by atoms with Crippen molar-refractivity contribution in [2.24, 2.45) is 5.10 Å². The van der Waals surface area contributed by atoms with Gasteiger partial charge in [0.15, 0.2) is 11.5 Å². The SMILES string of the molecule is COc1ccc(/C=N\Nc2ccc(S(=O)(=O)c3ccc(C)cc3)cc2)cc1O. The molecule has 3 aromatic rings. The molecule has 0 aliphatic rings. The van der Waals surface area contributed by atoms with Gasteiger partial charge in [0.2, 0.25) is 9.84 Å². The summed E-state index contributed by atoms with van der Waals surface area (Å²) in [5.41, 5.74) is 5.15. The van der Waals surface area contributed by atoms with Gasteiger partial charge in [0.05, 0.1) is 28.8 Å². The van der Waals surface area contributed by atoms with Gasteiger partial charge < -0.3 is 9.84 Å². The quantitative estimate of drug-likeness (QED) is 0.486. The van der Waals surface area contributed by atoms with Gasteiger partial charge in [-0.1, -0.05) is 17.7 Å². The van der Waals surface area contributed by atoms with Crippen LogP contribution in [0.5, 0.6) is 11.5 Å². The van der Waals surface area contributed by atoms with E-state index in [2.05, 4.69) is 10.5 Å². The fourth-order valence-corrected chi connectivity index (χ4v) is 3.79. The molecule has 0 saturated heterocycles. The Hall–Kier alpha value is -3.32. The average Bonchev–Trinajstić information content (AvgIpc) is 2.69. The highest BCUT2D eigenvalue weighted by Crippen LogP contribution is 2.26. The van der Waals surface area contributed by atoms with E-state index < -0.39 is 9.84 Å². The van der Waals surface area contributed by atoms with Crippen molar-refractivity contribution in [3.05, 3.63) is 77.9 Å². The molecule has 0 bridgehead atoms. The van der Waals surface area contributed by atoms with Crippen LogP contribution < -0.4 is 10.2 Å². The van der Waals surface area contributed by atoms with Crippen LogP contribution in [-0.2, 0) is 9.84 Å². The lowest BCUT2D eigenvalue weighted by Gasteiger charge is -2.06. The molecular weight excluding hydrogens is 376 g/mol. The molecule has 0 fully saturated rings. The molecule has 7 heteroatoms. The molecule has 0 amide bonds. The van der Waals surface area contributed by atoms with Gasteiger partial charge in [-0.15, -0.1) is 0 Å². The van der Waals surface area contributed by atoms with Crippen molar-refractivity contribution in [3.63, 3.8) is 0 Å². The van der Waals surface area contributed by atoms with Gasteiger partial charge >= 0.3 is 0 Å². The van der Waals surface area contributed by atoms with E-state index in [1.807, 2.05) is 6.92 Å². The van der Waals surface area contributed by atoms with Crippen molar-refractivity contribution in [3.8, 4) is 11.5 Å². The van der Waals surface area contributed by atoms with E-state index >= 15 is 0 Å². The van der Waals surface area contributed by atoms with E-state index in [1.54, 1.807) is 48.5 Å². The number of benzene rings is 3. The molecule has 0 unspecified atom stereocenters. The third kappa shape index (κ3) is 4.32. The molecule has 3 aromatic carbocycles. The van der Waals surface area contributed by atoms with E-state index in [0.717, 1.165) is 5.56 Å². The van der Waals surface area contributed by atoms with Crippen LogP contribution in [0, 0.1) is 6.92 Å². The second kappa shape index (κ2) is 8.14. The zero-order valence-corrected chi connectivity index (χ0v) is 16.3. The molecule has 144 valence electrons. The van der Waals surface area contributed by atoms with Crippen molar-refractivity contribution in [1.29, 1.82) is 0 Å². The third-order valence-corrected chi connectivity index (χ3v) is 5.89. The first-order chi connectivity index (χ1) is 13.4. The van der Waals surface area contributed by atoms with E-state index in [0.29, 0.717) is 17.0 Å². The summed E-state index contributed by atoms with van der Waals surface area (Å²) in [6.07, 6.45) is 1.54. The Morgan fingerprint density at radius 3 is 2.14 bits per heavy atom. The number of sulfone groups is 1. The summed E-state index contributed by atoms with van der Waals surface area (Å²) in [6, 6.07) is 18.0. The fraction of sp³-hybridized carbons (Fsp3) is 0.0952. The minimum absolute atomic E-state index is 0.0251. The molecular formula is C21H20N2O4S. The molecule has 28 heavy (non-hydrogen) atoms. The smallest absolute Gasteiger partial charge is 0.206 e. The van der Waals surface area contributed by atoms with Crippen molar-refractivity contribution in [2.75, 3.05) is 12.5 Å². The Labute approximate surface area is 164 Å². The van der Waals surface area contributed by atoms with Crippen LogP contribution in [0.25, 0.3) is 0 Å². The minimum atomic E-state index is -3.55. The van der Waals surface area contributed by atoms with Crippen molar-refractivity contribution in [2.45, 2.75) is 16.7 Å². The van der Waals surface area contributed by atoms with E-state index in [-0.39, 0.29) is 15.5 Å². The fourth-order valence-electron chi connectivity index (χ4n) is 2.53. The molecule has 0 saturated carbocycles. The van der Waals surface area contributed by atoms with Gasteiger partial charge in [-0.05, 0) is 67.1 Å². The van der Waals surface area contributed by atoms with Gasteiger partial charge in [-0.2, -0.15) is 5.10 Å². The zero-order valence-electron chi connectivity index (χ0n) is 15.5. The lowest BCUT2D eigenvalue weighted by Crippen LogP contribution is -2.02. The first kappa shape index (κ1) is 19.4. The van der Waals surface area contributed by atoms with E-state index in [1.165, 1.54) is 31.5 Å². The number of rotatable bonds is 6. The first-order valence-electron chi connectivity index (χ1n) is 8.48. The van der Waals surface area contributed by atoms with Crippen molar-refractivity contribution >= 4 is 21.7 Å². The summed E-state index contributed by atoms with van der Waals surface area (Å²) in [6.45, 7) is 1.91. The third-order valence-electron chi connectivity index (χ3n) is 4.11. The number of phenolic OH excluding ortho intramolecular Hbond substituents is 1. The van der Waals surface area contributed by atoms with E-state index in [4.69, 9.17) is 4.74 Å². The minimum Gasteiger partial charge on any atom is -0.504 e. The molecule has 0 aromatic heterocycles. The molecule has 0 aliphatic heterocycles. The summed E-state index contributed by atoms with van der Waals surface area (Å²) < 4.78 is 30.3. The number of hydrazone groups is 1. The zero-order chi connectivity index (χ0) is 20.1. The molecule has 0 radical (unpaired) electrons. The number of hydrogen-bond donors (Lipinski definition) is 2. The lowest BCUT2D eigenvalue weighted by atomic mass is 10.2. The monoisotopic (exact) mass is 396 g/mol. The summed E-state index contributed by atoms with van der Waals surface area (Å²) in [4.78, 5) is 0.474. The Kier molecular flexibility index (Phi) is 5.65. The summed E-state index contributed by atoms with van der Waals surface area (Å²) in [5, 5.41) is 13.9. The van der Waals surface area contributed by atoms with Crippen LogP contribution in [-0.4, -0.2) is 26.8 Å². The molecule has 0 atom stereocenters.